The average Bonchev–Trinajstić information content (AvgIpc) is 3.36. The van der Waals surface area contributed by atoms with Crippen LogP contribution < -0.4 is 20.5 Å². The van der Waals surface area contributed by atoms with Crippen LogP contribution in [0, 0.1) is 24.3 Å². The maximum atomic E-state index is 11.9. The fourth-order valence-electron chi connectivity index (χ4n) is 3.89. The second-order valence-corrected chi connectivity index (χ2v) is 8.17. The summed E-state index contributed by atoms with van der Waals surface area (Å²) in [6.07, 6.45) is 15.5. The number of terminal acetylenes is 1. The van der Waals surface area contributed by atoms with Crippen molar-refractivity contribution in [2.24, 2.45) is 10.7 Å². The number of hydrogen-bond donors (Lipinski definition) is 2. The molecule has 1 aromatic carbocycles. The van der Waals surface area contributed by atoms with E-state index in [1.165, 1.54) is 0 Å². The lowest BCUT2D eigenvalue weighted by atomic mass is 10.2. The number of nitrogens with one attached hydrogen (secondary N) is 1. The Morgan fingerprint density at radius 1 is 1.14 bits per heavy atom. The van der Waals surface area contributed by atoms with Crippen molar-refractivity contribution in [3.05, 3.63) is 24.3 Å². The summed E-state index contributed by atoms with van der Waals surface area (Å²) in [5, 5.41) is 10.6. The summed E-state index contributed by atoms with van der Waals surface area (Å²) < 4.78 is 11.2. The highest BCUT2D eigenvalue weighted by molar-refractivity contribution is 5.85. The summed E-state index contributed by atoms with van der Waals surface area (Å²) in [7, 11) is 0. The molecule has 3 aliphatic heterocycles. The van der Waals surface area contributed by atoms with Crippen molar-refractivity contribution in [3.63, 3.8) is 0 Å². The summed E-state index contributed by atoms with van der Waals surface area (Å²) in [6, 6.07) is 7.44. The second-order valence-electron chi connectivity index (χ2n) is 8.17. The van der Waals surface area contributed by atoms with E-state index in [4.69, 9.17) is 20.5 Å². The number of nitrogens with two attached hydrogens (primary N) is 1. The fourth-order valence-corrected chi connectivity index (χ4v) is 3.89. The lowest BCUT2D eigenvalue weighted by Crippen LogP contribution is -2.41. The van der Waals surface area contributed by atoms with E-state index < -0.39 is 0 Å². The molecule has 1 atom stereocenters. The molecule has 3 aliphatic rings. The molecule has 2 fully saturated rings. The molecule has 3 heterocycles. The van der Waals surface area contributed by atoms with Crippen LogP contribution in [0.3, 0.4) is 0 Å². The third-order valence-electron chi connectivity index (χ3n) is 5.67. The van der Waals surface area contributed by atoms with Crippen LogP contribution in [0.25, 0.3) is 0 Å². The molecule has 1 unspecified atom stereocenters. The third kappa shape index (κ3) is 9.09. The van der Waals surface area contributed by atoms with Crippen LogP contribution in [0.4, 0.5) is 0 Å². The van der Waals surface area contributed by atoms with E-state index >= 15 is 0 Å². The van der Waals surface area contributed by atoms with Gasteiger partial charge in [0.1, 0.15) is 6.61 Å². The number of nitrogens with zero attached hydrogens (tertiary/aromatic N) is 4. The highest BCUT2D eigenvalue weighted by atomic mass is 16.6. The number of benzene rings is 1. The van der Waals surface area contributed by atoms with Crippen LogP contribution >= 0.6 is 0 Å². The number of amides is 2. The van der Waals surface area contributed by atoms with E-state index in [9.17, 15) is 9.59 Å². The van der Waals surface area contributed by atoms with Crippen LogP contribution in [-0.4, -0.2) is 73.0 Å². The standard InChI is InChI=1S/C12H20N2O2.C11H12N4O2.C2H2/c15-11-6-2-1-3-9-14(11)10-12(16)13-7-4-5-8-13;12-7-15-11(13)14-5-8-6-16-9-3-1-2-4-10(9)17-8;1-2/h1-10H2;1-4,8H,5-6H2,(H3,13,14,15);1-2H. The normalized spacial score (nSPS) is 19.2. The molecule has 0 spiro atoms. The Kier molecular flexibility index (Phi) is 11.8. The van der Waals surface area contributed by atoms with Gasteiger partial charge in [-0.05, 0) is 37.8 Å². The van der Waals surface area contributed by atoms with Gasteiger partial charge < -0.3 is 25.0 Å². The third-order valence-corrected chi connectivity index (χ3v) is 5.67. The Morgan fingerprint density at radius 3 is 2.54 bits per heavy atom. The lowest BCUT2D eigenvalue weighted by Gasteiger charge is -2.25. The molecule has 0 radical (unpaired) electrons. The minimum absolute atomic E-state index is 0.0787. The van der Waals surface area contributed by atoms with Gasteiger partial charge in [-0.1, -0.05) is 18.6 Å². The van der Waals surface area contributed by atoms with E-state index in [0.717, 1.165) is 57.5 Å². The topological polar surface area (TPSA) is 133 Å². The van der Waals surface area contributed by atoms with Gasteiger partial charge in [0.05, 0.1) is 13.1 Å². The fraction of sp³-hybridized carbons (Fsp3) is 0.520. The molecule has 0 aromatic heterocycles. The predicted molar refractivity (Wildman–Crippen MR) is 132 cm³/mol. The Bertz CT molecular complexity index is 920. The minimum atomic E-state index is -0.191. The summed E-state index contributed by atoms with van der Waals surface area (Å²) in [5.41, 5.74) is 5.42. The van der Waals surface area contributed by atoms with Crippen molar-refractivity contribution in [1.29, 1.82) is 5.26 Å². The average molecular weight is 483 g/mol. The number of nitriles is 1. The largest absolute Gasteiger partial charge is 0.486 e. The summed E-state index contributed by atoms with van der Waals surface area (Å²) in [4.78, 5) is 31.2. The van der Waals surface area contributed by atoms with Crippen molar-refractivity contribution in [2.45, 2.75) is 44.6 Å². The van der Waals surface area contributed by atoms with Gasteiger partial charge in [0.15, 0.2) is 23.8 Å². The molecule has 2 saturated heterocycles. The molecule has 35 heavy (non-hydrogen) atoms. The van der Waals surface area contributed by atoms with Gasteiger partial charge in [0.2, 0.25) is 17.8 Å². The molecule has 1 aromatic rings. The first-order valence-electron chi connectivity index (χ1n) is 11.8. The zero-order chi connectivity index (χ0) is 25.5. The molecule has 10 nitrogen and oxygen atoms in total. The maximum absolute atomic E-state index is 11.9. The van der Waals surface area contributed by atoms with Crippen molar-refractivity contribution in [3.8, 4) is 30.5 Å². The number of fused-ring (bicyclic) bond motifs is 1. The van der Waals surface area contributed by atoms with Crippen molar-refractivity contribution >= 4 is 17.8 Å². The summed E-state index contributed by atoms with van der Waals surface area (Å²) >= 11 is 0. The molecule has 4 rings (SSSR count). The van der Waals surface area contributed by atoms with Crippen LogP contribution in [0.15, 0.2) is 29.3 Å². The number of carbonyl (C=O) groups excluding carboxylic acids is 2. The van der Waals surface area contributed by atoms with E-state index in [2.05, 4.69) is 23.2 Å². The molecular formula is C25H34N6O4. The van der Waals surface area contributed by atoms with Crippen LogP contribution in [0.1, 0.15) is 38.5 Å². The molecular weight excluding hydrogens is 448 g/mol. The van der Waals surface area contributed by atoms with Crippen molar-refractivity contribution < 1.29 is 19.1 Å². The zero-order valence-corrected chi connectivity index (χ0v) is 20.0. The molecule has 2 amide bonds. The number of para-hydroxylation sites is 2. The van der Waals surface area contributed by atoms with E-state index in [-0.39, 0.29) is 23.9 Å². The van der Waals surface area contributed by atoms with E-state index in [1.54, 1.807) is 11.1 Å². The highest BCUT2D eigenvalue weighted by Crippen LogP contribution is 2.30. The lowest BCUT2D eigenvalue weighted by molar-refractivity contribution is -0.139. The maximum Gasteiger partial charge on any atom is 0.242 e. The highest BCUT2D eigenvalue weighted by Gasteiger charge is 2.24. The van der Waals surface area contributed by atoms with Crippen LogP contribution in [0.5, 0.6) is 11.5 Å². The first-order valence-corrected chi connectivity index (χ1v) is 11.8. The number of guanidine groups is 1. The van der Waals surface area contributed by atoms with Gasteiger partial charge in [-0.2, -0.15) is 5.26 Å². The summed E-state index contributed by atoms with van der Waals surface area (Å²) in [5.74, 6) is 1.80. The quantitative estimate of drug-likeness (QED) is 0.218. The first kappa shape index (κ1) is 27.3. The summed E-state index contributed by atoms with van der Waals surface area (Å²) in [6.45, 7) is 3.58. The predicted octanol–water partition coefficient (Wildman–Crippen LogP) is 1.47. The number of aliphatic imine (C=N–C) groups is 1. The molecule has 188 valence electrons. The molecule has 0 bridgehead atoms. The number of carbonyl (C=O) groups is 2. The molecule has 3 N–H and O–H groups in total. The Balaban J connectivity index is 0.000000231. The molecule has 10 heteroatoms. The SMILES string of the molecule is C#C.N#CNC(N)=NCC1COc2ccccc2O1.O=C(CN1CCCCCC1=O)N1CCCC1. The van der Waals surface area contributed by atoms with Crippen LogP contribution in [-0.2, 0) is 9.59 Å². The van der Waals surface area contributed by atoms with Gasteiger partial charge in [0, 0.05) is 26.1 Å². The zero-order valence-electron chi connectivity index (χ0n) is 20.0. The Labute approximate surface area is 207 Å². The van der Waals surface area contributed by atoms with Crippen LogP contribution in [0.2, 0.25) is 0 Å². The second kappa shape index (κ2) is 15.1. The van der Waals surface area contributed by atoms with Gasteiger partial charge in [0.25, 0.3) is 0 Å². The Hall–Kier alpha value is -3.92. The molecule has 0 saturated carbocycles. The van der Waals surface area contributed by atoms with Crippen molar-refractivity contribution in [1.82, 2.24) is 15.1 Å². The number of ether oxygens (including phenoxy) is 2. The first-order chi connectivity index (χ1) is 17.1. The van der Waals surface area contributed by atoms with Gasteiger partial charge in [-0.15, -0.1) is 12.8 Å². The monoisotopic (exact) mass is 482 g/mol. The van der Waals surface area contributed by atoms with Gasteiger partial charge in [-0.25, -0.2) is 4.99 Å². The minimum Gasteiger partial charge on any atom is -0.486 e. The number of rotatable bonds is 4. The molecule has 0 aliphatic carbocycles. The van der Waals surface area contributed by atoms with Crippen molar-refractivity contribution in [2.75, 3.05) is 39.3 Å². The van der Waals surface area contributed by atoms with E-state index in [0.29, 0.717) is 31.9 Å². The van der Waals surface area contributed by atoms with Gasteiger partial charge >= 0.3 is 0 Å². The Morgan fingerprint density at radius 2 is 1.83 bits per heavy atom. The van der Waals surface area contributed by atoms with Gasteiger partial charge in [-0.3, -0.25) is 14.9 Å². The van der Waals surface area contributed by atoms with E-state index in [1.807, 2.05) is 29.2 Å². The smallest absolute Gasteiger partial charge is 0.242 e. The number of hydrogen-bond acceptors (Lipinski definition) is 6. The number of likely N-dealkylation sites (tertiary alicyclic amines) is 2.